The Bertz CT molecular complexity index is 405. The molecule has 0 aliphatic rings. The van der Waals surface area contributed by atoms with Crippen molar-refractivity contribution in [2.75, 3.05) is 0 Å². The molecule has 0 heterocycles. The molecule has 0 aromatic heterocycles. The molecule has 1 aromatic carbocycles. The molecule has 80 valence electrons. The molecule has 0 fully saturated rings. The van der Waals surface area contributed by atoms with Crippen LogP contribution in [0.15, 0.2) is 30.0 Å². The monoisotopic (exact) mass is 206 g/mol. The summed E-state index contributed by atoms with van der Waals surface area (Å²) in [5.74, 6) is -0.322. The quantitative estimate of drug-likeness (QED) is 0.611. The third-order valence-electron chi connectivity index (χ3n) is 2.19. The van der Waals surface area contributed by atoms with E-state index in [4.69, 9.17) is 9.84 Å². The molecule has 1 aromatic rings. The number of aliphatic carboxylic acids is 1. The summed E-state index contributed by atoms with van der Waals surface area (Å²) < 4.78 is 5.22. The fourth-order valence-electron chi connectivity index (χ4n) is 0.994. The second-order valence-electron chi connectivity index (χ2n) is 3.47. The third kappa shape index (κ3) is 3.13. The molecule has 1 N–H and O–H groups in total. The first-order valence-electron chi connectivity index (χ1n) is 4.64. The zero-order valence-electron chi connectivity index (χ0n) is 9.07. The summed E-state index contributed by atoms with van der Waals surface area (Å²) in [7, 11) is 0. The van der Waals surface area contributed by atoms with Gasteiger partial charge in [-0.2, -0.15) is 0 Å². The van der Waals surface area contributed by atoms with Gasteiger partial charge in [0.1, 0.15) is 12.0 Å². The molecule has 0 atom stereocenters. The van der Waals surface area contributed by atoms with Gasteiger partial charge in [0.25, 0.3) is 0 Å². The highest BCUT2D eigenvalue weighted by atomic mass is 16.5. The van der Waals surface area contributed by atoms with Gasteiger partial charge >= 0.3 is 5.97 Å². The fraction of sp³-hybridized carbons (Fsp3) is 0.250. The highest BCUT2D eigenvalue weighted by molar-refractivity contribution is 5.85. The molecule has 0 spiro atoms. The summed E-state index contributed by atoms with van der Waals surface area (Å²) in [4.78, 5) is 10.5. The van der Waals surface area contributed by atoms with Crippen LogP contribution in [0.4, 0.5) is 0 Å². The number of ether oxygens (including phenoxy) is 1. The Balaban J connectivity index is 2.78. The van der Waals surface area contributed by atoms with Crippen LogP contribution in [0.1, 0.15) is 18.1 Å². The Morgan fingerprint density at radius 3 is 2.53 bits per heavy atom. The van der Waals surface area contributed by atoms with E-state index in [-0.39, 0.29) is 5.57 Å². The molecule has 0 radical (unpaired) electrons. The SMILES string of the molecule is CC(=COc1ccc(C)c(C)c1)C(=O)O. The van der Waals surface area contributed by atoms with E-state index >= 15 is 0 Å². The Morgan fingerprint density at radius 1 is 1.33 bits per heavy atom. The largest absolute Gasteiger partial charge is 0.478 e. The van der Waals surface area contributed by atoms with Gasteiger partial charge in [0.05, 0.1) is 5.57 Å². The molecule has 15 heavy (non-hydrogen) atoms. The zero-order chi connectivity index (χ0) is 11.4. The van der Waals surface area contributed by atoms with Gasteiger partial charge in [-0.25, -0.2) is 4.79 Å². The van der Waals surface area contributed by atoms with Gasteiger partial charge in [0.15, 0.2) is 0 Å². The molecule has 0 saturated heterocycles. The van der Waals surface area contributed by atoms with Crippen LogP contribution in [0.5, 0.6) is 5.75 Å². The first kappa shape index (κ1) is 11.3. The second kappa shape index (κ2) is 4.64. The lowest BCUT2D eigenvalue weighted by Crippen LogP contribution is -1.98. The topological polar surface area (TPSA) is 46.5 Å². The predicted octanol–water partition coefficient (Wildman–Crippen LogP) is 2.67. The number of rotatable bonds is 3. The van der Waals surface area contributed by atoms with Crippen molar-refractivity contribution in [3.05, 3.63) is 41.2 Å². The summed E-state index contributed by atoms with van der Waals surface area (Å²) >= 11 is 0. The van der Waals surface area contributed by atoms with Crippen molar-refractivity contribution in [1.29, 1.82) is 0 Å². The predicted molar refractivity (Wildman–Crippen MR) is 57.9 cm³/mol. The van der Waals surface area contributed by atoms with E-state index in [0.29, 0.717) is 5.75 Å². The summed E-state index contributed by atoms with van der Waals surface area (Å²) in [6, 6.07) is 5.63. The highest BCUT2D eigenvalue weighted by Crippen LogP contribution is 2.16. The van der Waals surface area contributed by atoms with E-state index in [2.05, 4.69) is 0 Å². The van der Waals surface area contributed by atoms with Crippen molar-refractivity contribution in [2.45, 2.75) is 20.8 Å². The molecule has 0 saturated carbocycles. The van der Waals surface area contributed by atoms with Crippen LogP contribution in [0.2, 0.25) is 0 Å². The Labute approximate surface area is 89.0 Å². The molecular formula is C12H14O3. The van der Waals surface area contributed by atoms with E-state index in [0.717, 1.165) is 5.56 Å². The normalized spacial score (nSPS) is 11.3. The van der Waals surface area contributed by atoms with Crippen LogP contribution in [0.25, 0.3) is 0 Å². The van der Waals surface area contributed by atoms with Crippen molar-refractivity contribution >= 4 is 5.97 Å². The number of hydrogen-bond donors (Lipinski definition) is 1. The first-order chi connectivity index (χ1) is 7.00. The number of benzene rings is 1. The maximum absolute atomic E-state index is 10.5. The van der Waals surface area contributed by atoms with Gasteiger partial charge < -0.3 is 9.84 Å². The van der Waals surface area contributed by atoms with Crippen molar-refractivity contribution < 1.29 is 14.6 Å². The van der Waals surface area contributed by atoms with Crippen LogP contribution >= 0.6 is 0 Å². The van der Waals surface area contributed by atoms with Crippen LogP contribution < -0.4 is 4.74 Å². The Morgan fingerprint density at radius 2 is 2.00 bits per heavy atom. The highest BCUT2D eigenvalue weighted by Gasteiger charge is 2.00. The number of carboxylic acid groups (broad SMARTS) is 1. The lowest BCUT2D eigenvalue weighted by atomic mass is 10.1. The minimum atomic E-state index is -0.973. The molecule has 0 amide bonds. The van der Waals surface area contributed by atoms with Crippen molar-refractivity contribution in [1.82, 2.24) is 0 Å². The van der Waals surface area contributed by atoms with E-state index < -0.39 is 5.97 Å². The maximum atomic E-state index is 10.5. The summed E-state index contributed by atoms with van der Waals surface area (Å²) in [5, 5.41) is 8.61. The van der Waals surface area contributed by atoms with Crippen molar-refractivity contribution in [2.24, 2.45) is 0 Å². The van der Waals surface area contributed by atoms with Crippen molar-refractivity contribution in [3.8, 4) is 5.75 Å². The number of carboxylic acids is 1. The first-order valence-corrected chi connectivity index (χ1v) is 4.64. The standard InChI is InChI=1S/C12H14O3/c1-8-4-5-11(6-9(8)2)15-7-10(3)12(13)14/h4-7H,1-3H3,(H,13,14). The lowest BCUT2D eigenvalue weighted by Gasteiger charge is -2.04. The summed E-state index contributed by atoms with van der Waals surface area (Å²) in [6.07, 6.45) is 1.24. The minimum Gasteiger partial charge on any atom is -0.478 e. The Kier molecular flexibility index (Phi) is 3.50. The molecular weight excluding hydrogens is 192 g/mol. The second-order valence-corrected chi connectivity index (χ2v) is 3.47. The third-order valence-corrected chi connectivity index (χ3v) is 2.19. The van der Waals surface area contributed by atoms with E-state index in [9.17, 15) is 4.79 Å². The molecule has 3 nitrogen and oxygen atoms in total. The van der Waals surface area contributed by atoms with Crippen LogP contribution in [-0.2, 0) is 4.79 Å². The molecule has 0 aliphatic heterocycles. The average Bonchev–Trinajstić information content (AvgIpc) is 2.19. The Hall–Kier alpha value is -1.77. The molecule has 0 unspecified atom stereocenters. The molecule has 0 aliphatic carbocycles. The zero-order valence-corrected chi connectivity index (χ0v) is 9.07. The van der Waals surface area contributed by atoms with Crippen molar-refractivity contribution in [3.63, 3.8) is 0 Å². The van der Waals surface area contributed by atoms with Gasteiger partial charge in [-0.15, -0.1) is 0 Å². The smallest absolute Gasteiger partial charge is 0.334 e. The van der Waals surface area contributed by atoms with E-state index in [1.807, 2.05) is 32.0 Å². The van der Waals surface area contributed by atoms with Crippen LogP contribution in [0.3, 0.4) is 0 Å². The van der Waals surface area contributed by atoms with E-state index in [1.165, 1.54) is 18.7 Å². The van der Waals surface area contributed by atoms with Gasteiger partial charge in [-0.3, -0.25) is 0 Å². The molecule has 3 heteroatoms. The van der Waals surface area contributed by atoms with Gasteiger partial charge in [-0.1, -0.05) is 6.07 Å². The van der Waals surface area contributed by atoms with Crippen LogP contribution in [-0.4, -0.2) is 11.1 Å². The fourth-order valence-corrected chi connectivity index (χ4v) is 0.994. The lowest BCUT2D eigenvalue weighted by molar-refractivity contribution is -0.132. The van der Waals surface area contributed by atoms with E-state index in [1.54, 1.807) is 0 Å². The minimum absolute atomic E-state index is 0.174. The number of carbonyl (C=O) groups is 1. The average molecular weight is 206 g/mol. The van der Waals surface area contributed by atoms with Gasteiger partial charge in [0.2, 0.25) is 0 Å². The van der Waals surface area contributed by atoms with Gasteiger partial charge in [0, 0.05) is 0 Å². The number of hydrogen-bond acceptors (Lipinski definition) is 2. The maximum Gasteiger partial charge on any atom is 0.334 e. The molecule has 1 rings (SSSR count). The molecule has 0 bridgehead atoms. The summed E-state index contributed by atoms with van der Waals surface area (Å²) in [5.41, 5.74) is 2.48. The summed E-state index contributed by atoms with van der Waals surface area (Å²) in [6.45, 7) is 5.48. The number of aryl methyl sites for hydroxylation is 2. The van der Waals surface area contributed by atoms with Gasteiger partial charge in [-0.05, 0) is 44.0 Å². The van der Waals surface area contributed by atoms with Crippen LogP contribution in [0, 0.1) is 13.8 Å².